The number of hydrogen-bond donors (Lipinski definition) is 0. The van der Waals surface area contributed by atoms with E-state index in [0.29, 0.717) is 0 Å². The van der Waals surface area contributed by atoms with Crippen LogP contribution >= 0.6 is 0 Å². The van der Waals surface area contributed by atoms with Crippen molar-refractivity contribution < 1.29 is 13.5 Å². The summed E-state index contributed by atoms with van der Waals surface area (Å²) in [6.45, 7) is 1.26. The Balaban J connectivity index is 2.44. The summed E-state index contributed by atoms with van der Waals surface area (Å²) < 4.78 is 28.8. The number of rotatable bonds is 0. The quantitative estimate of drug-likeness (QED) is 0.472. The zero-order valence-corrected chi connectivity index (χ0v) is 4.66. The van der Waals surface area contributed by atoms with Crippen molar-refractivity contribution in [3.05, 3.63) is 0 Å². The van der Waals surface area contributed by atoms with Gasteiger partial charge in [0, 0.05) is 6.42 Å². The molecule has 0 radical (unpaired) electrons. The molecule has 1 aliphatic rings. The first-order chi connectivity index (χ1) is 3.60. The molecule has 1 heterocycles. The van der Waals surface area contributed by atoms with Gasteiger partial charge in [-0.15, -0.1) is 0 Å². The van der Waals surface area contributed by atoms with Crippen molar-refractivity contribution >= 4 is 0 Å². The SMILES string of the molecule is C[C@@H]1CC(F)(F)CO1. The van der Waals surface area contributed by atoms with Crippen molar-refractivity contribution in [2.45, 2.75) is 25.4 Å². The van der Waals surface area contributed by atoms with Gasteiger partial charge in [0.05, 0.1) is 6.10 Å². The largest absolute Gasteiger partial charge is 0.372 e. The Bertz CT molecular complexity index is 92.4. The van der Waals surface area contributed by atoms with Crippen LogP contribution < -0.4 is 0 Å². The lowest BCUT2D eigenvalue weighted by molar-refractivity contribution is -0.00948. The van der Waals surface area contributed by atoms with Crippen LogP contribution in [0.2, 0.25) is 0 Å². The van der Waals surface area contributed by atoms with E-state index in [1.807, 2.05) is 0 Å². The van der Waals surface area contributed by atoms with Crippen molar-refractivity contribution in [3.63, 3.8) is 0 Å². The van der Waals surface area contributed by atoms with E-state index < -0.39 is 12.5 Å². The zero-order valence-electron chi connectivity index (χ0n) is 4.66. The second kappa shape index (κ2) is 1.65. The summed E-state index contributed by atoms with van der Waals surface area (Å²) in [7, 11) is 0. The molecule has 1 fully saturated rings. The van der Waals surface area contributed by atoms with Crippen molar-refractivity contribution in [2.75, 3.05) is 6.61 Å². The summed E-state index contributed by atoms with van der Waals surface area (Å²) in [6, 6.07) is 0. The molecular formula is C5H8F2O. The Hall–Kier alpha value is -0.180. The van der Waals surface area contributed by atoms with Gasteiger partial charge in [0.1, 0.15) is 6.61 Å². The monoisotopic (exact) mass is 122 g/mol. The van der Waals surface area contributed by atoms with Crippen LogP contribution in [0.3, 0.4) is 0 Å². The maximum atomic E-state index is 12.1. The fourth-order valence-corrected chi connectivity index (χ4v) is 0.803. The number of halogens is 2. The molecule has 1 rings (SSSR count). The van der Waals surface area contributed by atoms with Crippen molar-refractivity contribution in [1.82, 2.24) is 0 Å². The van der Waals surface area contributed by atoms with Crippen LogP contribution in [0, 0.1) is 0 Å². The molecule has 0 bridgehead atoms. The van der Waals surface area contributed by atoms with E-state index in [2.05, 4.69) is 4.74 Å². The van der Waals surface area contributed by atoms with E-state index in [1.165, 1.54) is 0 Å². The van der Waals surface area contributed by atoms with Crippen molar-refractivity contribution in [3.8, 4) is 0 Å². The molecule has 0 N–H and O–H groups in total. The summed E-state index contributed by atoms with van der Waals surface area (Å²) in [5, 5.41) is 0. The van der Waals surface area contributed by atoms with E-state index >= 15 is 0 Å². The Morgan fingerprint density at radius 3 is 2.38 bits per heavy atom. The Morgan fingerprint density at radius 2 is 2.25 bits per heavy atom. The van der Waals surface area contributed by atoms with Crippen molar-refractivity contribution in [2.24, 2.45) is 0 Å². The Morgan fingerprint density at radius 1 is 1.62 bits per heavy atom. The smallest absolute Gasteiger partial charge is 0.273 e. The summed E-state index contributed by atoms with van der Waals surface area (Å²) in [5.41, 5.74) is 0. The molecule has 1 aliphatic heterocycles. The van der Waals surface area contributed by atoms with Crippen LogP contribution in [-0.2, 0) is 4.74 Å². The molecule has 8 heavy (non-hydrogen) atoms. The molecule has 0 aromatic heterocycles. The Labute approximate surface area is 46.6 Å². The van der Waals surface area contributed by atoms with Crippen molar-refractivity contribution in [1.29, 1.82) is 0 Å². The summed E-state index contributed by atoms with van der Waals surface area (Å²) in [6.07, 6.45) is -0.377. The highest BCUT2D eigenvalue weighted by atomic mass is 19.3. The molecule has 0 aliphatic carbocycles. The first-order valence-corrected chi connectivity index (χ1v) is 2.60. The van der Waals surface area contributed by atoms with E-state index in [-0.39, 0.29) is 12.5 Å². The lowest BCUT2D eigenvalue weighted by atomic mass is 10.2. The molecule has 0 spiro atoms. The lowest BCUT2D eigenvalue weighted by Crippen LogP contribution is -2.14. The lowest BCUT2D eigenvalue weighted by Gasteiger charge is -2.01. The van der Waals surface area contributed by atoms with Gasteiger partial charge in [-0.3, -0.25) is 0 Å². The molecule has 0 aromatic rings. The standard InChI is InChI=1S/C5H8F2O/c1-4-2-5(6,7)3-8-4/h4H,2-3H2,1H3/t4-/m1/s1. The summed E-state index contributed by atoms with van der Waals surface area (Å²) >= 11 is 0. The minimum atomic E-state index is -2.56. The highest BCUT2D eigenvalue weighted by Crippen LogP contribution is 2.28. The van der Waals surface area contributed by atoms with Crippen LogP contribution in [0.25, 0.3) is 0 Å². The average Bonchev–Trinajstić information content (AvgIpc) is 1.82. The predicted octanol–water partition coefficient (Wildman–Crippen LogP) is 1.43. The van der Waals surface area contributed by atoms with Crippen LogP contribution in [0.15, 0.2) is 0 Å². The fraction of sp³-hybridized carbons (Fsp3) is 1.00. The summed E-state index contributed by atoms with van der Waals surface area (Å²) in [5.74, 6) is -2.56. The highest BCUT2D eigenvalue weighted by Gasteiger charge is 2.38. The molecule has 0 amide bonds. The second-order valence-corrected chi connectivity index (χ2v) is 2.18. The van der Waals surface area contributed by atoms with Gasteiger partial charge in [0.15, 0.2) is 0 Å². The third-order valence-corrected chi connectivity index (χ3v) is 1.17. The van der Waals surface area contributed by atoms with Crippen LogP contribution in [0.1, 0.15) is 13.3 Å². The van der Waals surface area contributed by atoms with Gasteiger partial charge in [0.25, 0.3) is 5.92 Å². The third kappa shape index (κ3) is 1.15. The molecular weight excluding hydrogens is 114 g/mol. The number of alkyl halides is 2. The highest BCUT2D eigenvalue weighted by molar-refractivity contribution is 4.75. The van der Waals surface area contributed by atoms with Gasteiger partial charge in [0.2, 0.25) is 0 Å². The predicted molar refractivity (Wildman–Crippen MR) is 25.0 cm³/mol. The minimum absolute atomic E-state index is 0.118. The first-order valence-electron chi connectivity index (χ1n) is 2.60. The average molecular weight is 122 g/mol. The molecule has 1 atom stereocenters. The molecule has 1 saturated heterocycles. The van der Waals surface area contributed by atoms with Gasteiger partial charge in [-0.1, -0.05) is 0 Å². The molecule has 0 unspecified atom stereocenters. The van der Waals surface area contributed by atoms with Crippen LogP contribution in [0.4, 0.5) is 8.78 Å². The number of hydrogen-bond acceptors (Lipinski definition) is 1. The van der Waals surface area contributed by atoms with Gasteiger partial charge < -0.3 is 4.74 Å². The normalized spacial score (nSPS) is 35.6. The van der Waals surface area contributed by atoms with Crippen LogP contribution in [0.5, 0.6) is 0 Å². The topological polar surface area (TPSA) is 9.23 Å². The molecule has 1 nitrogen and oxygen atoms in total. The fourth-order valence-electron chi connectivity index (χ4n) is 0.803. The first kappa shape index (κ1) is 5.95. The van der Waals surface area contributed by atoms with Crippen LogP contribution in [-0.4, -0.2) is 18.6 Å². The van der Waals surface area contributed by atoms with E-state index in [9.17, 15) is 8.78 Å². The summed E-state index contributed by atoms with van der Waals surface area (Å²) in [4.78, 5) is 0. The van der Waals surface area contributed by atoms with Gasteiger partial charge in [-0.2, -0.15) is 0 Å². The molecule has 48 valence electrons. The maximum Gasteiger partial charge on any atom is 0.273 e. The van der Waals surface area contributed by atoms with Gasteiger partial charge >= 0.3 is 0 Å². The molecule has 0 saturated carbocycles. The number of ether oxygens (including phenoxy) is 1. The molecule has 0 aromatic carbocycles. The van der Waals surface area contributed by atoms with Gasteiger partial charge in [-0.05, 0) is 6.92 Å². The zero-order chi connectivity index (χ0) is 6.20. The Kier molecular flexibility index (Phi) is 1.23. The third-order valence-electron chi connectivity index (χ3n) is 1.17. The van der Waals surface area contributed by atoms with E-state index in [4.69, 9.17) is 0 Å². The van der Waals surface area contributed by atoms with Gasteiger partial charge in [-0.25, -0.2) is 8.78 Å². The second-order valence-electron chi connectivity index (χ2n) is 2.18. The van der Waals surface area contributed by atoms with E-state index in [0.717, 1.165) is 0 Å². The minimum Gasteiger partial charge on any atom is -0.372 e. The maximum absolute atomic E-state index is 12.1. The van der Waals surface area contributed by atoms with E-state index in [1.54, 1.807) is 6.92 Å². The molecule has 3 heteroatoms.